The number of aliphatic carboxylic acids is 1. The van der Waals surface area contributed by atoms with E-state index in [1.54, 1.807) is 24.3 Å². The number of carboxylic acids is 1. The van der Waals surface area contributed by atoms with Gasteiger partial charge in [0.25, 0.3) is 5.91 Å². The number of nitrogens with one attached hydrogen (secondary N) is 1. The molecule has 0 aliphatic heterocycles. The van der Waals surface area contributed by atoms with Crippen LogP contribution in [0.2, 0.25) is 0 Å². The van der Waals surface area contributed by atoms with E-state index in [1.165, 1.54) is 6.08 Å². The molecule has 1 amide bonds. The van der Waals surface area contributed by atoms with Crippen molar-refractivity contribution in [1.82, 2.24) is 5.32 Å². The van der Waals surface area contributed by atoms with Gasteiger partial charge in [-0.3, -0.25) is 4.79 Å². The van der Waals surface area contributed by atoms with Gasteiger partial charge in [0.1, 0.15) is 0 Å². The molecule has 1 fully saturated rings. The second-order valence-corrected chi connectivity index (χ2v) is 5.23. The van der Waals surface area contributed by atoms with Gasteiger partial charge >= 0.3 is 5.97 Å². The molecule has 1 aromatic rings. The molecule has 1 aromatic carbocycles. The van der Waals surface area contributed by atoms with Gasteiger partial charge in [-0.15, -0.1) is 0 Å². The van der Waals surface area contributed by atoms with E-state index >= 15 is 0 Å². The van der Waals surface area contributed by atoms with E-state index < -0.39 is 12.1 Å². The van der Waals surface area contributed by atoms with Crippen LogP contribution in [0.3, 0.4) is 0 Å². The standard InChI is InChI=1S/C16H19NO4/c18-14-4-2-1-3-13(14)17-16(21)12-8-5-11(6-9-12)7-10-15(19)20/h5-10,13-14,18H,1-4H2,(H,17,21)(H,19,20). The highest BCUT2D eigenvalue weighted by molar-refractivity contribution is 5.94. The van der Waals surface area contributed by atoms with Gasteiger partial charge < -0.3 is 15.5 Å². The molecule has 112 valence electrons. The summed E-state index contributed by atoms with van der Waals surface area (Å²) in [6.45, 7) is 0. The van der Waals surface area contributed by atoms with Crippen LogP contribution < -0.4 is 5.32 Å². The maximum atomic E-state index is 12.1. The third kappa shape index (κ3) is 4.43. The quantitative estimate of drug-likeness (QED) is 0.738. The first-order valence-corrected chi connectivity index (χ1v) is 7.06. The van der Waals surface area contributed by atoms with Crippen LogP contribution in [0.25, 0.3) is 6.08 Å². The second-order valence-electron chi connectivity index (χ2n) is 5.23. The molecule has 2 atom stereocenters. The number of hydrogen-bond donors (Lipinski definition) is 3. The first kappa shape index (κ1) is 15.3. The topological polar surface area (TPSA) is 86.6 Å². The highest BCUT2D eigenvalue weighted by Crippen LogP contribution is 2.18. The summed E-state index contributed by atoms with van der Waals surface area (Å²) in [5.74, 6) is -1.22. The van der Waals surface area contributed by atoms with Crippen molar-refractivity contribution in [2.45, 2.75) is 37.8 Å². The second kappa shape index (κ2) is 7.04. The summed E-state index contributed by atoms with van der Waals surface area (Å²) in [7, 11) is 0. The zero-order chi connectivity index (χ0) is 15.2. The molecule has 0 saturated heterocycles. The Bertz CT molecular complexity index is 536. The number of benzene rings is 1. The van der Waals surface area contributed by atoms with E-state index in [0.717, 1.165) is 31.8 Å². The molecule has 1 aliphatic rings. The Labute approximate surface area is 123 Å². The maximum Gasteiger partial charge on any atom is 0.328 e. The normalized spacial score (nSPS) is 22.1. The molecular formula is C16H19NO4. The number of aliphatic hydroxyl groups is 1. The molecule has 0 spiro atoms. The average Bonchev–Trinajstić information content (AvgIpc) is 2.48. The summed E-state index contributed by atoms with van der Waals surface area (Å²) in [4.78, 5) is 22.5. The summed E-state index contributed by atoms with van der Waals surface area (Å²) in [5.41, 5.74) is 1.21. The molecule has 21 heavy (non-hydrogen) atoms. The highest BCUT2D eigenvalue weighted by Gasteiger charge is 2.24. The van der Waals surface area contributed by atoms with Gasteiger partial charge in [-0.2, -0.15) is 0 Å². The van der Waals surface area contributed by atoms with Gasteiger partial charge in [0, 0.05) is 11.6 Å². The summed E-state index contributed by atoms with van der Waals surface area (Å²) in [5, 5.41) is 21.3. The Morgan fingerprint density at radius 1 is 1.14 bits per heavy atom. The minimum Gasteiger partial charge on any atom is -0.478 e. The lowest BCUT2D eigenvalue weighted by Crippen LogP contribution is -2.45. The molecule has 0 aromatic heterocycles. The number of hydrogen-bond acceptors (Lipinski definition) is 3. The molecule has 2 unspecified atom stereocenters. The van der Waals surface area contributed by atoms with Crippen molar-refractivity contribution in [3.63, 3.8) is 0 Å². The smallest absolute Gasteiger partial charge is 0.328 e. The van der Waals surface area contributed by atoms with Gasteiger partial charge in [0.2, 0.25) is 0 Å². The largest absolute Gasteiger partial charge is 0.478 e. The van der Waals surface area contributed by atoms with E-state index in [9.17, 15) is 14.7 Å². The van der Waals surface area contributed by atoms with Crippen LogP contribution in [0, 0.1) is 0 Å². The third-order valence-electron chi connectivity index (χ3n) is 3.64. The molecule has 1 saturated carbocycles. The third-order valence-corrected chi connectivity index (χ3v) is 3.64. The molecule has 2 rings (SSSR count). The Kier molecular flexibility index (Phi) is 5.11. The number of carboxylic acid groups (broad SMARTS) is 1. The van der Waals surface area contributed by atoms with Gasteiger partial charge in [0.15, 0.2) is 0 Å². The Balaban J connectivity index is 1.97. The number of rotatable bonds is 4. The lowest BCUT2D eigenvalue weighted by Gasteiger charge is -2.28. The summed E-state index contributed by atoms with van der Waals surface area (Å²) >= 11 is 0. The van der Waals surface area contributed by atoms with Crippen molar-refractivity contribution in [3.8, 4) is 0 Å². The summed E-state index contributed by atoms with van der Waals surface area (Å²) < 4.78 is 0. The van der Waals surface area contributed by atoms with E-state index in [4.69, 9.17) is 5.11 Å². The van der Waals surface area contributed by atoms with E-state index in [2.05, 4.69) is 5.32 Å². The lowest BCUT2D eigenvalue weighted by atomic mass is 9.92. The number of carbonyl (C=O) groups is 2. The van der Waals surface area contributed by atoms with Crippen LogP contribution >= 0.6 is 0 Å². The highest BCUT2D eigenvalue weighted by atomic mass is 16.4. The van der Waals surface area contributed by atoms with E-state index in [-0.39, 0.29) is 11.9 Å². The van der Waals surface area contributed by atoms with Crippen molar-refractivity contribution in [2.75, 3.05) is 0 Å². The molecule has 5 heteroatoms. The van der Waals surface area contributed by atoms with Crippen molar-refractivity contribution in [2.24, 2.45) is 0 Å². The van der Waals surface area contributed by atoms with E-state index in [1.807, 2.05) is 0 Å². The van der Waals surface area contributed by atoms with Crippen LogP contribution in [-0.2, 0) is 4.79 Å². The Morgan fingerprint density at radius 2 is 1.81 bits per heavy atom. The van der Waals surface area contributed by atoms with Crippen LogP contribution in [0.4, 0.5) is 0 Å². The molecule has 3 N–H and O–H groups in total. The van der Waals surface area contributed by atoms with Gasteiger partial charge in [-0.25, -0.2) is 4.79 Å². The van der Waals surface area contributed by atoms with Crippen molar-refractivity contribution < 1.29 is 19.8 Å². The Hall–Kier alpha value is -2.14. The predicted octanol–water partition coefficient (Wildman–Crippen LogP) is 1.82. The molecule has 0 heterocycles. The van der Waals surface area contributed by atoms with E-state index in [0.29, 0.717) is 11.1 Å². The zero-order valence-corrected chi connectivity index (χ0v) is 11.7. The predicted molar refractivity (Wildman–Crippen MR) is 78.8 cm³/mol. The molecule has 5 nitrogen and oxygen atoms in total. The zero-order valence-electron chi connectivity index (χ0n) is 11.7. The van der Waals surface area contributed by atoms with Crippen LogP contribution in [0.1, 0.15) is 41.6 Å². The number of amides is 1. The minimum atomic E-state index is -1.01. The van der Waals surface area contributed by atoms with Gasteiger partial charge in [-0.1, -0.05) is 25.0 Å². The van der Waals surface area contributed by atoms with Crippen molar-refractivity contribution >= 4 is 18.0 Å². The van der Waals surface area contributed by atoms with Crippen LogP contribution in [0.15, 0.2) is 30.3 Å². The van der Waals surface area contributed by atoms with Crippen molar-refractivity contribution in [1.29, 1.82) is 0 Å². The minimum absolute atomic E-state index is 0.183. The first-order valence-electron chi connectivity index (χ1n) is 7.06. The fourth-order valence-corrected chi connectivity index (χ4v) is 2.44. The SMILES string of the molecule is O=C(O)C=Cc1ccc(C(=O)NC2CCCCC2O)cc1. The monoisotopic (exact) mass is 289 g/mol. The van der Waals surface area contributed by atoms with Crippen molar-refractivity contribution in [3.05, 3.63) is 41.5 Å². The van der Waals surface area contributed by atoms with Gasteiger partial charge in [0.05, 0.1) is 12.1 Å². The number of aliphatic hydroxyl groups excluding tert-OH is 1. The fraction of sp³-hybridized carbons (Fsp3) is 0.375. The molecule has 0 bridgehead atoms. The molecule has 0 radical (unpaired) electrons. The molecular weight excluding hydrogens is 270 g/mol. The molecule has 1 aliphatic carbocycles. The number of carbonyl (C=O) groups excluding carboxylic acids is 1. The summed E-state index contributed by atoms with van der Waals surface area (Å²) in [6, 6.07) is 6.48. The maximum absolute atomic E-state index is 12.1. The Morgan fingerprint density at radius 3 is 2.43 bits per heavy atom. The van der Waals surface area contributed by atoms with Crippen LogP contribution in [-0.4, -0.2) is 34.2 Å². The first-order chi connectivity index (χ1) is 10.1. The summed E-state index contributed by atoms with van der Waals surface area (Å²) in [6.07, 6.45) is 5.58. The average molecular weight is 289 g/mol. The van der Waals surface area contributed by atoms with Crippen LogP contribution in [0.5, 0.6) is 0 Å². The fourth-order valence-electron chi connectivity index (χ4n) is 2.44. The van der Waals surface area contributed by atoms with Gasteiger partial charge in [-0.05, 0) is 36.6 Å². The lowest BCUT2D eigenvalue weighted by molar-refractivity contribution is -0.131.